The molecular weight excluding hydrogens is 270 g/mol. The molecule has 2 unspecified atom stereocenters. The van der Waals surface area contributed by atoms with Crippen molar-refractivity contribution >= 4 is 6.09 Å². The van der Waals surface area contributed by atoms with Crippen molar-refractivity contribution < 1.29 is 14.3 Å². The van der Waals surface area contributed by atoms with Crippen LogP contribution < -0.4 is 10.6 Å². The smallest absolute Gasteiger partial charge is 0.407 e. The van der Waals surface area contributed by atoms with Gasteiger partial charge in [-0.3, -0.25) is 4.90 Å². The van der Waals surface area contributed by atoms with Gasteiger partial charge < -0.3 is 20.1 Å². The van der Waals surface area contributed by atoms with Crippen LogP contribution in [0, 0.1) is 0 Å². The third-order valence-electron chi connectivity index (χ3n) is 3.16. The van der Waals surface area contributed by atoms with E-state index in [-0.39, 0.29) is 12.1 Å². The van der Waals surface area contributed by atoms with Crippen LogP contribution in [-0.4, -0.2) is 68.1 Å². The summed E-state index contributed by atoms with van der Waals surface area (Å²) in [7, 11) is 0. The number of hydrogen-bond acceptors (Lipinski definition) is 5. The molecule has 1 fully saturated rings. The molecule has 2 N–H and O–H groups in total. The monoisotopic (exact) mass is 301 g/mol. The van der Waals surface area contributed by atoms with E-state index >= 15 is 0 Å². The van der Waals surface area contributed by atoms with Crippen LogP contribution in [0.4, 0.5) is 4.79 Å². The van der Waals surface area contributed by atoms with E-state index < -0.39 is 5.60 Å². The Hall–Kier alpha value is -0.850. The second-order valence-corrected chi connectivity index (χ2v) is 6.76. The van der Waals surface area contributed by atoms with Gasteiger partial charge in [-0.2, -0.15) is 0 Å². The summed E-state index contributed by atoms with van der Waals surface area (Å²) in [5.41, 5.74) is -0.454. The van der Waals surface area contributed by atoms with Crippen molar-refractivity contribution in [2.45, 2.75) is 52.3 Å². The Morgan fingerprint density at radius 1 is 1.24 bits per heavy atom. The maximum atomic E-state index is 11.6. The lowest BCUT2D eigenvalue weighted by Crippen LogP contribution is -2.49. The summed E-state index contributed by atoms with van der Waals surface area (Å²) < 4.78 is 10.6. The number of hydrogen-bond donors (Lipinski definition) is 2. The summed E-state index contributed by atoms with van der Waals surface area (Å²) in [5.74, 6) is 0. The molecule has 1 saturated heterocycles. The van der Waals surface area contributed by atoms with Gasteiger partial charge in [0.25, 0.3) is 0 Å². The van der Waals surface area contributed by atoms with Gasteiger partial charge in [0.1, 0.15) is 5.60 Å². The number of amides is 1. The first kappa shape index (κ1) is 18.2. The quantitative estimate of drug-likeness (QED) is 0.772. The third kappa shape index (κ3) is 8.90. The lowest BCUT2D eigenvalue weighted by Gasteiger charge is -2.30. The zero-order valence-electron chi connectivity index (χ0n) is 14.1. The zero-order chi connectivity index (χ0) is 15.9. The number of alkyl carbamates (subject to hydrolysis) is 1. The molecule has 0 aliphatic carbocycles. The van der Waals surface area contributed by atoms with Gasteiger partial charge >= 0.3 is 6.09 Å². The van der Waals surface area contributed by atoms with E-state index in [1.54, 1.807) is 0 Å². The van der Waals surface area contributed by atoms with Crippen molar-refractivity contribution in [1.82, 2.24) is 15.5 Å². The molecule has 1 rings (SSSR count). The van der Waals surface area contributed by atoms with E-state index in [1.165, 1.54) is 0 Å². The van der Waals surface area contributed by atoms with E-state index in [4.69, 9.17) is 9.47 Å². The molecule has 0 aromatic heterocycles. The van der Waals surface area contributed by atoms with E-state index in [0.29, 0.717) is 12.6 Å². The average Bonchev–Trinajstić information content (AvgIpc) is 2.35. The fourth-order valence-electron chi connectivity index (χ4n) is 2.32. The minimum Gasteiger partial charge on any atom is -0.444 e. The van der Waals surface area contributed by atoms with Gasteiger partial charge in [0, 0.05) is 38.3 Å². The molecule has 124 valence electrons. The fourth-order valence-corrected chi connectivity index (χ4v) is 2.32. The standard InChI is InChI=1S/C15H31N3O3/c1-12(10-16-14(19)21-15(3,4)5)17-13(2)11-18-6-8-20-9-7-18/h12-13,17H,6-11H2,1-5H3,(H,16,19). The predicted octanol–water partition coefficient (Wildman–Crippen LogP) is 1.21. The number of carbonyl (C=O) groups excluding carboxylic acids is 1. The van der Waals surface area contributed by atoms with Gasteiger partial charge in [0.05, 0.1) is 13.2 Å². The van der Waals surface area contributed by atoms with Crippen molar-refractivity contribution in [1.29, 1.82) is 0 Å². The van der Waals surface area contributed by atoms with E-state index in [1.807, 2.05) is 20.8 Å². The molecule has 1 aliphatic heterocycles. The van der Waals surface area contributed by atoms with Crippen LogP contribution in [0.3, 0.4) is 0 Å². The van der Waals surface area contributed by atoms with Crippen molar-refractivity contribution in [3.05, 3.63) is 0 Å². The number of rotatable bonds is 6. The lowest BCUT2D eigenvalue weighted by molar-refractivity contribution is 0.0337. The SMILES string of the molecule is CC(CNC(=O)OC(C)(C)C)NC(C)CN1CCOCC1. The van der Waals surface area contributed by atoms with Crippen molar-refractivity contribution in [2.75, 3.05) is 39.4 Å². The highest BCUT2D eigenvalue weighted by atomic mass is 16.6. The number of nitrogens with one attached hydrogen (secondary N) is 2. The zero-order valence-corrected chi connectivity index (χ0v) is 14.1. The molecule has 0 aromatic carbocycles. The Labute approximate surface area is 128 Å². The summed E-state index contributed by atoms with van der Waals surface area (Å²) in [6.07, 6.45) is -0.364. The van der Waals surface area contributed by atoms with E-state index in [0.717, 1.165) is 32.8 Å². The van der Waals surface area contributed by atoms with Gasteiger partial charge in [0.2, 0.25) is 0 Å². The molecule has 1 amide bonds. The number of ether oxygens (including phenoxy) is 2. The van der Waals surface area contributed by atoms with Gasteiger partial charge in [-0.15, -0.1) is 0 Å². The largest absolute Gasteiger partial charge is 0.444 e. The maximum Gasteiger partial charge on any atom is 0.407 e. The summed E-state index contributed by atoms with van der Waals surface area (Å²) in [4.78, 5) is 14.0. The first-order valence-corrected chi connectivity index (χ1v) is 7.79. The normalized spacial score (nSPS) is 19.9. The number of morpholine rings is 1. The lowest BCUT2D eigenvalue weighted by atomic mass is 10.2. The Morgan fingerprint density at radius 3 is 2.43 bits per heavy atom. The molecular formula is C15H31N3O3. The van der Waals surface area contributed by atoms with Gasteiger partial charge in [-0.25, -0.2) is 4.79 Å². The molecule has 6 nitrogen and oxygen atoms in total. The van der Waals surface area contributed by atoms with Crippen LogP contribution in [0.2, 0.25) is 0 Å². The highest BCUT2D eigenvalue weighted by Crippen LogP contribution is 2.06. The first-order chi connectivity index (χ1) is 9.76. The van der Waals surface area contributed by atoms with Gasteiger partial charge in [-0.1, -0.05) is 0 Å². The van der Waals surface area contributed by atoms with Crippen molar-refractivity contribution in [2.24, 2.45) is 0 Å². The Bertz CT molecular complexity index is 312. The molecule has 2 atom stereocenters. The highest BCUT2D eigenvalue weighted by Gasteiger charge is 2.18. The van der Waals surface area contributed by atoms with Gasteiger partial charge in [0.15, 0.2) is 0 Å². The summed E-state index contributed by atoms with van der Waals surface area (Å²) in [6.45, 7) is 15.0. The second-order valence-electron chi connectivity index (χ2n) is 6.76. The van der Waals surface area contributed by atoms with Crippen LogP contribution in [0.5, 0.6) is 0 Å². The van der Waals surface area contributed by atoms with Crippen molar-refractivity contribution in [3.63, 3.8) is 0 Å². The molecule has 1 heterocycles. The number of nitrogens with zero attached hydrogens (tertiary/aromatic N) is 1. The Balaban J connectivity index is 2.17. The minimum absolute atomic E-state index is 0.202. The third-order valence-corrected chi connectivity index (χ3v) is 3.16. The summed E-state index contributed by atoms with van der Waals surface area (Å²) >= 11 is 0. The fraction of sp³-hybridized carbons (Fsp3) is 0.933. The van der Waals surface area contributed by atoms with Crippen LogP contribution in [-0.2, 0) is 9.47 Å². The molecule has 0 spiro atoms. The molecule has 0 bridgehead atoms. The molecule has 21 heavy (non-hydrogen) atoms. The van der Waals surface area contributed by atoms with E-state index in [9.17, 15) is 4.79 Å². The maximum absolute atomic E-state index is 11.6. The minimum atomic E-state index is -0.454. The molecule has 0 radical (unpaired) electrons. The first-order valence-electron chi connectivity index (χ1n) is 7.79. The van der Waals surface area contributed by atoms with Crippen LogP contribution in [0.25, 0.3) is 0 Å². The van der Waals surface area contributed by atoms with E-state index in [2.05, 4.69) is 29.4 Å². The summed E-state index contributed by atoms with van der Waals surface area (Å²) in [5, 5.41) is 6.28. The summed E-state index contributed by atoms with van der Waals surface area (Å²) in [6, 6.07) is 0.576. The Kier molecular flexibility index (Phi) is 7.42. The molecule has 0 aromatic rings. The van der Waals surface area contributed by atoms with Crippen LogP contribution in [0.1, 0.15) is 34.6 Å². The molecule has 1 aliphatic rings. The Morgan fingerprint density at radius 2 is 1.86 bits per heavy atom. The topological polar surface area (TPSA) is 62.8 Å². The highest BCUT2D eigenvalue weighted by molar-refractivity contribution is 5.67. The second kappa shape index (κ2) is 8.56. The van der Waals surface area contributed by atoms with Gasteiger partial charge in [-0.05, 0) is 34.6 Å². The average molecular weight is 301 g/mol. The van der Waals surface area contributed by atoms with Crippen LogP contribution in [0.15, 0.2) is 0 Å². The molecule has 6 heteroatoms. The number of carbonyl (C=O) groups is 1. The van der Waals surface area contributed by atoms with Crippen LogP contribution >= 0.6 is 0 Å². The molecule has 0 saturated carbocycles. The van der Waals surface area contributed by atoms with Crippen molar-refractivity contribution in [3.8, 4) is 0 Å². The predicted molar refractivity (Wildman–Crippen MR) is 83.6 cm³/mol.